The summed E-state index contributed by atoms with van der Waals surface area (Å²) in [5, 5.41) is 9.13. The molecule has 2 heterocycles. The van der Waals surface area contributed by atoms with Crippen molar-refractivity contribution in [1.29, 1.82) is 0 Å². The molecule has 8 nitrogen and oxygen atoms in total. The molecule has 0 spiro atoms. The Hall–Kier alpha value is -4.41. The number of benzene rings is 3. The van der Waals surface area contributed by atoms with Crippen LogP contribution in [0.5, 0.6) is 5.75 Å². The number of para-hydroxylation sites is 1. The van der Waals surface area contributed by atoms with Gasteiger partial charge in [0.25, 0.3) is 5.56 Å². The number of fused-ring (bicyclic) bond motifs is 1. The summed E-state index contributed by atoms with van der Waals surface area (Å²) in [6.07, 6.45) is 3.76. The Labute approximate surface area is 250 Å². The highest BCUT2D eigenvalue weighted by Crippen LogP contribution is 2.31. The minimum absolute atomic E-state index is 0.203. The topological polar surface area (TPSA) is 107 Å². The minimum atomic E-state index is -0.988. The molecule has 1 aliphatic rings. The van der Waals surface area contributed by atoms with Crippen molar-refractivity contribution < 1.29 is 24.2 Å². The number of hydrogen-bond acceptors (Lipinski definition) is 8. The van der Waals surface area contributed by atoms with Crippen LogP contribution in [0.25, 0.3) is 6.08 Å². The maximum Gasteiger partial charge on any atom is 0.338 e. The molecule has 1 atom stereocenters. The summed E-state index contributed by atoms with van der Waals surface area (Å²) in [5.74, 6) is -0.918. The average molecular weight is 601 g/mol. The number of nitrogens with zero attached hydrogens (tertiary/aromatic N) is 2. The number of aromatic carboxylic acids is 1. The van der Waals surface area contributed by atoms with E-state index in [1.54, 1.807) is 48.4 Å². The number of thiazole rings is 1. The SMILES string of the molecule is CCOC(=O)C1=C(C)N=c2s/c(=C\c3ccccc3OCc3ccc(C(=O)O)cc3)c(=O)n2[C@@H]1c1ccc(SC)cc1. The predicted molar refractivity (Wildman–Crippen MR) is 163 cm³/mol. The normalized spacial score (nSPS) is 14.7. The molecule has 0 amide bonds. The molecule has 5 rings (SSSR count). The van der Waals surface area contributed by atoms with Crippen molar-refractivity contribution in [1.82, 2.24) is 4.57 Å². The lowest BCUT2D eigenvalue weighted by Gasteiger charge is -2.24. The highest BCUT2D eigenvalue weighted by molar-refractivity contribution is 7.98. The molecule has 1 N–H and O–H groups in total. The van der Waals surface area contributed by atoms with Gasteiger partial charge < -0.3 is 14.6 Å². The first-order valence-electron chi connectivity index (χ1n) is 13.2. The van der Waals surface area contributed by atoms with E-state index in [2.05, 4.69) is 4.99 Å². The van der Waals surface area contributed by atoms with Gasteiger partial charge in [-0.05, 0) is 67.6 Å². The van der Waals surface area contributed by atoms with Crippen LogP contribution < -0.4 is 19.6 Å². The third-order valence-electron chi connectivity index (χ3n) is 6.75. The zero-order chi connectivity index (χ0) is 29.8. The maximum absolute atomic E-state index is 13.9. The largest absolute Gasteiger partial charge is 0.488 e. The van der Waals surface area contributed by atoms with Gasteiger partial charge in [-0.1, -0.05) is 53.8 Å². The van der Waals surface area contributed by atoms with E-state index in [-0.39, 0.29) is 24.3 Å². The van der Waals surface area contributed by atoms with Gasteiger partial charge >= 0.3 is 11.9 Å². The highest BCUT2D eigenvalue weighted by Gasteiger charge is 2.33. The molecule has 0 aliphatic carbocycles. The second-order valence-corrected chi connectivity index (χ2v) is 11.3. The van der Waals surface area contributed by atoms with Crippen LogP contribution in [0.1, 0.15) is 46.9 Å². The third kappa shape index (κ3) is 5.95. The molecule has 0 saturated carbocycles. The number of esters is 1. The number of hydrogen-bond donors (Lipinski definition) is 1. The van der Waals surface area contributed by atoms with Gasteiger partial charge in [0, 0.05) is 10.5 Å². The fourth-order valence-corrected chi connectivity index (χ4v) is 6.12. The molecule has 0 bridgehead atoms. The first kappa shape index (κ1) is 29.1. The van der Waals surface area contributed by atoms with Crippen molar-refractivity contribution in [2.75, 3.05) is 12.9 Å². The zero-order valence-corrected chi connectivity index (χ0v) is 24.8. The number of carboxylic acids is 1. The van der Waals surface area contributed by atoms with E-state index < -0.39 is 18.0 Å². The van der Waals surface area contributed by atoms with Gasteiger partial charge in [0.05, 0.1) is 34.0 Å². The molecule has 0 radical (unpaired) electrons. The molecular weight excluding hydrogens is 572 g/mol. The molecule has 10 heteroatoms. The summed E-state index contributed by atoms with van der Waals surface area (Å²) < 4.78 is 13.5. The number of rotatable bonds is 9. The van der Waals surface area contributed by atoms with Crippen LogP contribution in [0.2, 0.25) is 0 Å². The zero-order valence-electron chi connectivity index (χ0n) is 23.2. The van der Waals surface area contributed by atoms with Gasteiger partial charge in [0.15, 0.2) is 4.80 Å². The fraction of sp³-hybridized carbons (Fsp3) is 0.188. The predicted octanol–water partition coefficient (Wildman–Crippen LogP) is 4.80. The van der Waals surface area contributed by atoms with Crippen molar-refractivity contribution in [2.45, 2.75) is 31.4 Å². The van der Waals surface area contributed by atoms with Crippen LogP contribution in [-0.2, 0) is 16.1 Å². The molecule has 3 aromatic carbocycles. The third-order valence-corrected chi connectivity index (χ3v) is 8.48. The van der Waals surface area contributed by atoms with Gasteiger partial charge in [0.1, 0.15) is 12.4 Å². The second-order valence-electron chi connectivity index (χ2n) is 9.40. The van der Waals surface area contributed by atoms with Gasteiger partial charge in [-0.2, -0.15) is 0 Å². The molecule has 1 aromatic heterocycles. The molecule has 1 aliphatic heterocycles. The summed E-state index contributed by atoms with van der Waals surface area (Å²) in [6.45, 7) is 3.94. The molecule has 0 fully saturated rings. The molecule has 0 unspecified atom stereocenters. The summed E-state index contributed by atoms with van der Waals surface area (Å²) >= 11 is 2.86. The lowest BCUT2D eigenvalue weighted by molar-refractivity contribution is -0.139. The van der Waals surface area contributed by atoms with E-state index in [0.717, 1.165) is 16.0 Å². The highest BCUT2D eigenvalue weighted by atomic mass is 32.2. The molecule has 214 valence electrons. The van der Waals surface area contributed by atoms with E-state index in [9.17, 15) is 14.4 Å². The Morgan fingerprint density at radius 3 is 2.45 bits per heavy atom. The lowest BCUT2D eigenvalue weighted by Crippen LogP contribution is -2.39. The van der Waals surface area contributed by atoms with Gasteiger partial charge in [-0.3, -0.25) is 9.36 Å². The van der Waals surface area contributed by atoms with Crippen molar-refractivity contribution in [3.8, 4) is 5.75 Å². The Bertz CT molecular complexity index is 1850. The van der Waals surface area contributed by atoms with Gasteiger partial charge in [-0.25, -0.2) is 14.6 Å². The monoisotopic (exact) mass is 600 g/mol. The Kier molecular flexibility index (Phi) is 8.75. The van der Waals surface area contributed by atoms with Gasteiger partial charge in [0.2, 0.25) is 0 Å². The average Bonchev–Trinajstić information content (AvgIpc) is 3.30. The lowest BCUT2D eigenvalue weighted by atomic mass is 9.96. The quantitative estimate of drug-likeness (QED) is 0.217. The molecule has 4 aromatic rings. The molecular formula is C32H28N2O6S2. The van der Waals surface area contributed by atoms with Crippen LogP contribution >= 0.6 is 23.1 Å². The van der Waals surface area contributed by atoms with E-state index >= 15 is 0 Å². The summed E-state index contributed by atoms with van der Waals surface area (Å²) in [5.41, 5.74) is 3.08. The van der Waals surface area contributed by atoms with E-state index in [1.165, 1.54) is 23.5 Å². The number of carboxylic acid groups (broad SMARTS) is 1. The first-order chi connectivity index (χ1) is 20.3. The summed E-state index contributed by atoms with van der Waals surface area (Å²) in [4.78, 5) is 44.4. The van der Waals surface area contributed by atoms with Crippen LogP contribution in [0.3, 0.4) is 0 Å². The summed E-state index contributed by atoms with van der Waals surface area (Å²) in [7, 11) is 0. The van der Waals surface area contributed by atoms with Crippen LogP contribution in [-0.4, -0.2) is 34.5 Å². The smallest absolute Gasteiger partial charge is 0.338 e. The first-order valence-corrected chi connectivity index (χ1v) is 15.2. The molecule has 42 heavy (non-hydrogen) atoms. The standard InChI is InChI=1S/C32H28N2O6S2/c1-4-39-31(38)27-19(2)33-32-34(28(27)21-13-15-24(41-3)16-14-21)29(35)26(42-32)17-23-7-5-6-8-25(23)40-18-20-9-11-22(12-10-20)30(36)37/h5-17,28H,4,18H2,1-3H3,(H,36,37)/b26-17-/t28-/m1/s1. The van der Waals surface area contributed by atoms with Gasteiger partial charge in [-0.15, -0.1) is 11.8 Å². The van der Waals surface area contributed by atoms with Crippen LogP contribution in [0.4, 0.5) is 0 Å². The van der Waals surface area contributed by atoms with Crippen molar-refractivity contribution in [3.63, 3.8) is 0 Å². The number of carbonyl (C=O) groups is 2. The Morgan fingerprint density at radius 1 is 1.07 bits per heavy atom. The fourth-order valence-electron chi connectivity index (χ4n) is 4.67. The minimum Gasteiger partial charge on any atom is -0.488 e. The van der Waals surface area contributed by atoms with E-state index in [0.29, 0.717) is 31.9 Å². The summed E-state index contributed by atoms with van der Waals surface area (Å²) in [6, 6.07) is 21.0. The number of allylic oxidation sites excluding steroid dienone is 1. The number of ether oxygens (including phenoxy) is 2. The Morgan fingerprint density at radius 2 is 1.79 bits per heavy atom. The van der Waals surface area contributed by atoms with Crippen molar-refractivity contribution >= 4 is 41.1 Å². The maximum atomic E-state index is 13.9. The van der Waals surface area contributed by atoms with Crippen LogP contribution in [0.15, 0.2) is 98.7 Å². The van der Waals surface area contributed by atoms with E-state index in [1.807, 2.05) is 54.8 Å². The molecule has 0 saturated heterocycles. The number of thioether (sulfide) groups is 1. The number of carbonyl (C=O) groups excluding carboxylic acids is 1. The van der Waals surface area contributed by atoms with Crippen LogP contribution in [0, 0.1) is 0 Å². The van der Waals surface area contributed by atoms with Crippen molar-refractivity contribution in [2.24, 2.45) is 4.99 Å². The van der Waals surface area contributed by atoms with E-state index in [4.69, 9.17) is 14.6 Å². The Balaban J connectivity index is 1.55. The second kappa shape index (κ2) is 12.6. The van der Waals surface area contributed by atoms with Crippen molar-refractivity contribution in [3.05, 3.63) is 126 Å². The number of aromatic nitrogens is 1.